The van der Waals surface area contributed by atoms with Crippen molar-refractivity contribution in [3.63, 3.8) is 0 Å². The SMILES string of the molecule is CC(C)(O)CO[C@H]1CCC2C3CC[C@H]4C[C@@](C)(O)CC[C@]4(C)C3CC[C@@]21C. The number of rotatable bonds is 3. The maximum absolute atomic E-state index is 10.6. The van der Waals surface area contributed by atoms with Crippen LogP contribution in [0.3, 0.4) is 0 Å². The highest BCUT2D eigenvalue weighted by molar-refractivity contribution is 5.10. The number of fused-ring (bicyclic) bond motifs is 5. The van der Waals surface area contributed by atoms with Crippen LogP contribution in [0.15, 0.2) is 0 Å². The predicted octanol–water partition coefficient (Wildman–Crippen LogP) is 4.94. The first kappa shape index (κ1) is 20.2. The Bertz CT molecular complexity index is 564. The molecule has 3 nitrogen and oxygen atoms in total. The molecule has 0 heterocycles. The lowest BCUT2D eigenvalue weighted by Crippen LogP contribution is -2.56. The van der Waals surface area contributed by atoms with Crippen molar-refractivity contribution in [1.82, 2.24) is 0 Å². The van der Waals surface area contributed by atoms with Crippen LogP contribution in [0.4, 0.5) is 0 Å². The van der Waals surface area contributed by atoms with Crippen LogP contribution in [0, 0.1) is 34.5 Å². The van der Waals surface area contributed by atoms with E-state index in [4.69, 9.17) is 4.74 Å². The third kappa shape index (κ3) is 3.40. The minimum absolute atomic E-state index is 0.287. The van der Waals surface area contributed by atoms with Crippen molar-refractivity contribution in [2.24, 2.45) is 34.5 Å². The molecule has 0 amide bonds. The second-order valence-electron chi connectivity index (χ2n) is 12.1. The van der Waals surface area contributed by atoms with E-state index in [1.54, 1.807) is 0 Å². The number of ether oxygens (including phenoxy) is 1. The zero-order chi connectivity index (χ0) is 19.7. The largest absolute Gasteiger partial charge is 0.390 e. The van der Waals surface area contributed by atoms with Gasteiger partial charge in [0.2, 0.25) is 0 Å². The molecule has 3 unspecified atom stereocenters. The Morgan fingerprint density at radius 1 is 0.889 bits per heavy atom. The molecule has 0 aromatic rings. The molecule has 4 saturated carbocycles. The van der Waals surface area contributed by atoms with E-state index in [1.807, 2.05) is 13.8 Å². The van der Waals surface area contributed by atoms with Gasteiger partial charge in [-0.25, -0.2) is 0 Å². The van der Waals surface area contributed by atoms with E-state index in [2.05, 4.69) is 20.8 Å². The molecule has 0 aromatic heterocycles. The van der Waals surface area contributed by atoms with Crippen molar-refractivity contribution in [3.8, 4) is 0 Å². The van der Waals surface area contributed by atoms with E-state index in [1.165, 1.54) is 38.5 Å². The first-order valence-corrected chi connectivity index (χ1v) is 11.5. The average Bonchev–Trinajstić information content (AvgIpc) is 2.89. The topological polar surface area (TPSA) is 49.7 Å². The van der Waals surface area contributed by atoms with Gasteiger partial charge >= 0.3 is 0 Å². The molecule has 0 aliphatic heterocycles. The van der Waals surface area contributed by atoms with Crippen LogP contribution >= 0.6 is 0 Å². The summed E-state index contributed by atoms with van der Waals surface area (Å²) in [6.45, 7) is 11.2. The lowest BCUT2D eigenvalue weighted by Gasteiger charge is -2.61. The van der Waals surface area contributed by atoms with Crippen LogP contribution in [0.25, 0.3) is 0 Å². The molecule has 0 saturated heterocycles. The monoisotopic (exact) mass is 378 g/mol. The molecule has 4 aliphatic carbocycles. The molecule has 8 atom stereocenters. The summed E-state index contributed by atoms with van der Waals surface area (Å²) < 4.78 is 6.30. The molecule has 4 fully saturated rings. The van der Waals surface area contributed by atoms with Crippen LogP contribution in [-0.2, 0) is 4.74 Å². The highest BCUT2D eigenvalue weighted by atomic mass is 16.5. The first-order valence-electron chi connectivity index (χ1n) is 11.5. The minimum atomic E-state index is -0.740. The molecule has 3 heteroatoms. The molecule has 156 valence electrons. The highest BCUT2D eigenvalue weighted by Crippen LogP contribution is 2.67. The Kier molecular flexibility index (Phi) is 4.81. The van der Waals surface area contributed by atoms with Crippen molar-refractivity contribution < 1.29 is 14.9 Å². The van der Waals surface area contributed by atoms with E-state index in [0.29, 0.717) is 24.0 Å². The van der Waals surface area contributed by atoms with Gasteiger partial charge in [0.05, 0.1) is 23.9 Å². The molecule has 0 bridgehead atoms. The van der Waals surface area contributed by atoms with Crippen LogP contribution < -0.4 is 0 Å². The summed E-state index contributed by atoms with van der Waals surface area (Å²) in [6, 6.07) is 0. The standard InChI is InChI=1S/C24H42O3/c1-21(2,25)15-27-20-9-8-18-17-7-6-16-14-22(3,26)12-13-23(16,4)19(17)10-11-24(18,20)5/h16-20,25-26H,6-15H2,1-5H3/t16-,17?,18?,19?,20-,22-,23-,24-/m0/s1. The maximum atomic E-state index is 10.6. The predicted molar refractivity (Wildman–Crippen MR) is 108 cm³/mol. The van der Waals surface area contributed by atoms with E-state index in [9.17, 15) is 10.2 Å². The van der Waals surface area contributed by atoms with Crippen LogP contribution in [0.1, 0.15) is 92.4 Å². The lowest BCUT2D eigenvalue weighted by atomic mass is 9.44. The summed E-state index contributed by atoms with van der Waals surface area (Å²) in [5.41, 5.74) is -0.464. The molecule has 2 N–H and O–H groups in total. The van der Waals surface area contributed by atoms with Crippen molar-refractivity contribution in [2.75, 3.05) is 6.61 Å². The smallest absolute Gasteiger partial charge is 0.0824 e. The molecular weight excluding hydrogens is 336 g/mol. The molecular formula is C24H42O3. The summed E-state index contributed by atoms with van der Waals surface area (Å²) in [6.07, 6.45) is 11.2. The van der Waals surface area contributed by atoms with E-state index in [-0.39, 0.29) is 5.41 Å². The van der Waals surface area contributed by atoms with E-state index >= 15 is 0 Å². The van der Waals surface area contributed by atoms with Gasteiger partial charge in [-0.1, -0.05) is 13.8 Å². The van der Waals surface area contributed by atoms with Crippen molar-refractivity contribution in [1.29, 1.82) is 0 Å². The summed E-state index contributed by atoms with van der Waals surface area (Å²) in [5.74, 6) is 3.15. The van der Waals surface area contributed by atoms with Crippen molar-refractivity contribution in [3.05, 3.63) is 0 Å². The average molecular weight is 379 g/mol. The van der Waals surface area contributed by atoms with Gasteiger partial charge in [0.15, 0.2) is 0 Å². The molecule has 4 rings (SSSR count). The zero-order valence-electron chi connectivity index (χ0n) is 18.3. The summed E-state index contributed by atoms with van der Waals surface area (Å²) in [7, 11) is 0. The second kappa shape index (κ2) is 6.44. The Balaban J connectivity index is 1.51. The Morgan fingerprint density at radius 3 is 2.30 bits per heavy atom. The fourth-order valence-corrected chi connectivity index (χ4v) is 7.96. The first-order chi connectivity index (χ1) is 12.4. The summed E-state index contributed by atoms with van der Waals surface area (Å²) in [5, 5.41) is 20.7. The Hall–Kier alpha value is -0.120. The number of hydrogen-bond donors (Lipinski definition) is 2. The molecule has 0 radical (unpaired) electrons. The van der Waals surface area contributed by atoms with Gasteiger partial charge in [0.1, 0.15) is 0 Å². The van der Waals surface area contributed by atoms with Gasteiger partial charge in [0.25, 0.3) is 0 Å². The van der Waals surface area contributed by atoms with Gasteiger partial charge in [-0.2, -0.15) is 0 Å². The fraction of sp³-hybridized carbons (Fsp3) is 1.00. The van der Waals surface area contributed by atoms with Gasteiger partial charge in [-0.15, -0.1) is 0 Å². The third-order valence-electron chi connectivity index (χ3n) is 9.50. The van der Waals surface area contributed by atoms with Gasteiger partial charge < -0.3 is 14.9 Å². The van der Waals surface area contributed by atoms with Crippen LogP contribution in [0.2, 0.25) is 0 Å². The van der Waals surface area contributed by atoms with Crippen molar-refractivity contribution in [2.45, 2.75) is 110 Å². The molecule has 27 heavy (non-hydrogen) atoms. The van der Waals surface area contributed by atoms with Crippen LogP contribution in [0.5, 0.6) is 0 Å². The Labute approximate surface area is 166 Å². The minimum Gasteiger partial charge on any atom is -0.390 e. The lowest BCUT2D eigenvalue weighted by molar-refractivity contribution is -0.161. The third-order valence-corrected chi connectivity index (χ3v) is 9.50. The highest BCUT2D eigenvalue weighted by Gasteiger charge is 2.61. The van der Waals surface area contributed by atoms with E-state index in [0.717, 1.165) is 37.0 Å². The summed E-state index contributed by atoms with van der Waals surface area (Å²) in [4.78, 5) is 0. The molecule has 4 aliphatic rings. The second-order valence-corrected chi connectivity index (χ2v) is 12.1. The van der Waals surface area contributed by atoms with Gasteiger partial charge in [-0.05, 0) is 113 Å². The van der Waals surface area contributed by atoms with Gasteiger partial charge in [-0.3, -0.25) is 0 Å². The number of hydrogen-bond acceptors (Lipinski definition) is 3. The quantitative estimate of drug-likeness (QED) is 0.731. The Morgan fingerprint density at radius 2 is 1.59 bits per heavy atom. The van der Waals surface area contributed by atoms with Crippen LogP contribution in [-0.4, -0.2) is 34.1 Å². The molecule has 0 spiro atoms. The fourth-order valence-electron chi connectivity index (χ4n) is 7.96. The normalized spacial score (nSPS) is 52.8. The summed E-state index contributed by atoms with van der Waals surface area (Å²) >= 11 is 0. The van der Waals surface area contributed by atoms with Gasteiger partial charge in [0, 0.05) is 0 Å². The maximum Gasteiger partial charge on any atom is 0.0824 e. The number of aliphatic hydroxyl groups is 2. The molecule has 0 aromatic carbocycles. The zero-order valence-corrected chi connectivity index (χ0v) is 18.3. The van der Waals surface area contributed by atoms with Crippen molar-refractivity contribution >= 4 is 0 Å². The van der Waals surface area contributed by atoms with E-state index < -0.39 is 11.2 Å².